The predicted octanol–water partition coefficient (Wildman–Crippen LogP) is 3.56. The van der Waals surface area contributed by atoms with E-state index in [2.05, 4.69) is 17.2 Å². The Hall–Kier alpha value is -3.30. The van der Waals surface area contributed by atoms with Crippen LogP contribution in [0.5, 0.6) is 0 Å². The van der Waals surface area contributed by atoms with Gasteiger partial charge in [0.15, 0.2) is 6.10 Å². The van der Waals surface area contributed by atoms with Gasteiger partial charge in [-0.1, -0.05) is 67.3 Å². The quantitative estimate of drug-likeness (QED) is 0.399. The Balaban J connectivity index is 1.78. The molecule has 9 heteroatoms. The third-order valence-corrected chi connectivity index (χ3v) is 8.03. The van der Waals surface area contributed by atoms with E-state index >= 15 is 0 Å². The predicted molar refractivity (Wildman–Crippen MR) is 149 cm³/mol. The zero-order chi connectivity index (χ0) is 27.9. The van der Waals surface area contributed by atoms with E-state index in [-0.39, 0.29) is 18.2 Å². The molecule has 0 saturated carbocycles. The molecule has 204 valence electrons. The number of ether oxygens (including phenoxy) is 1. The van der Waals surface area contributed by atoms with Gasteiger partial charge < -0.3 is 25.4 Å². The Bertz CT molecular complexity index is 1140. The van der Waals surface area contributed by atoms with Crippen molar-refractivity contribution in [3.05, 3.63) is 83.9 Å². The number of thioether (sulfide) groups is 1. The SMILES string of the molecule is C=CC(C)OC(=O)NC(Cc1ccccc1)C(O)C(=O)N1CSC(C)(C)C1C(=O)NCc1ccccc1C. The number of benzene rings is 2. The summed E-state index contributed by atoms with van der Waals surface area (Å²) in [7, 11) is 0. The number of hydrogen-bond donors (Lipinski definition) is 3. The van der Waals surface area contributed by atoms with Crippen LogP contribution in [0, 0.1) is 6.92 Å². The fourth-order valence-corrected chi connectivity index (χ4v) is 5.49. The highest BCUT2D eigenvalue weighted by Crippen LogP contribution is 2.40. The van der Waals surface area contributed by atoms with Crippen molar-refractivity contribution < 1.29 is 24.2 Å². The summed E-state index contributed by atoms with van der Waals surface area (Å²) in [5.74, 6) is -0.686. The van der Waals surface area contributed by atoms with Crippen molar-refractivity contribution >= 4 is 29.7 Å². The number of aryl methyl sites for hydroxylation is 1. The van der Waals surface area contributed by atoms with E-state index in [1.165, 1.54) is 22.7 Å². The zero-order valence-corrected chi connectivity index (χ0v) is 23.2. The van der Waals surface area contributed by atoms with E-state index in [0.29, 0.717) is 6.54 Å². The van der Waals surface area contributed by atoms with Gasteiger partial charge in [0.1, 0.15) is 12.1 Å². The average Bonchev–Trinajstić information content (AvgIpc) is 3.22. The largest absolute Gasteiger partial charge is 0.442 e. The number of carbonyl (C=O) groups is 3. The average molecular weight is 540 g/mol. The second-order valence-electron chi connectivity index (χ2n) is 9.96. The molecule has 0 bridgehead atoms. The number of aliphatic hydroxyl groups excluding tert-OH is 1. The standard InChI is InChI=1S/C29H37N3O5S/c1-6-20(3)37-28(36)31-23(16-21-13-8-7-9-14-21)24(33)27(35)32-18-38-29(4,5)25(32)26(34)30-17-22-15-11-10-12-19(22)2/h6-15,20,23-25,33H,1,16-18H2,2-5H3,(H,30,34)(H,31,36). The van der Waals surface area contributed by atoms with E-state index in [9.17, 15) is 19.5 Å². The number of nitrogens with zero attached hydrogens (tertiary/aromatic N) is 1. The maximum Gasteiger partial charge on any atom is 0.408 e. The second-order valence-corrected chi connectivity index (χ2v) is 11.6. The molecule has 1 saturated heterocycles. The molecule has 1 aliphatic rings. The topological polar surface area (TPSA) is 108 Å². The number of nitrogens with one attached hydrogen (secondary N) is 2. The number of carbonyl (C=O) groups excluding carboxylic acids is 3. The number of rotatable bonds is 10. The summed E-state index contributed by atoms with van der Waals surface area (Å²) >= 11 is 1.47. The van der Waals surface area contributed by atoms with Crippen molar-refractivity contribution in [3.63, 3.8) is 0 Å². The van der Waals surface area contributed by atoms with Gasteiger partial charge in [0.05, 0.1) is 11.9 Å². The minimum atomic E-state index is -1.59. The lowest BCUT2D eigenvalue weighted by Crippen LogP contribution is -2.58. The van der Waals surface area contributed by atoms with Crippen LogP contribution in [0.2, 0.25) is 0 Å². The van der Waals surface area contributed by atoms with E-state index in [0.717, 1.165) is 16.7 Å². The molecule has 0 radical (unpaired) electrons. The van der Waals surface area contributed by atoms with Gasteiger partial charge in [0, 0.05) is 11.3 Å². The molecular weight excluding hydrogens is 502 g/mol. The van der Waals surface area contributed by atoms with Gasteiger partial charge in [-0.3, -0.25) is 9.59 Å². The van der Waals surface area contributed by atoms with Gasteiger partial charge in [0.2, 0.25) is 5.91 Å². The highest BCUT2D eigenvalue weighted by molar-refractivity contribution is 8.00. The molecule has 3 amide bonds. The van der Waals surface area contributed by atoms with E-state index in [4.69, 9.17) is 4.74 Å². The Morgan fingerprint density at radius 1 is 1.18 bits per heavy atom. The molecule has 4 atom stereocenters. The summed E-state index contributed by atoms with van der Waals surface area (Å²) in [6.07, 6.45) is -1.24. The first-order valence-corrected chi connectivity index (χ1v) is 13.6. The number of alkyl carbamates (subject to hydrolysis) is 1. The van der Waals surface area contributed by atoms with Crippen LogP contribution in [0.1, 0.15) is 37.5 Å². The third-order valence-electron chi connectivity index (χ3n) is 6.65. The molecule has 0 spiro atoms. The summed E-state index contributed by atoms with van der Waals surface area (Å²) in [6.45, 7) is 11.4. The number of aliphatic hydroxyl groups is 1. The Kier molecular flexibility index (Phi) is 9.99. The first kappa shape index (κ1) is 29.3. The highest BCUT2D eigenvalue weighted by atomic mass is 32.2. The highest BCUT2D eigenvalue weighted by Gasteiger charge is 2.49. The van der Waals surface area contributed by atoms with Gasteiger partial charge in [-0.15, -0.1) is 11.8 Å². The first-order chi connectivity index (χ1) is 18.0. The van der Waals surface area contributed by atoms with Crippen LogP contribution < -0.4 is 10.6 Å². The van der Waals surface area contributed by atoms with Crippen LogP contribution in [-0.2, 0) is 27.3 Å². The van der Waals surface area contributed by atoms with Gasteiger partial charge in [-0.2, -0.15) is 0 Å². The van der Waals surface area contributed by atoms with E-state index in [1.54, 1.807) is 6.92 Å². The molecule has 38 heavy (non-hydrogen) atoms. The molecule has 3 rings (SSSR count). The van der Waals surface area contributed by atoms with Gasteiger partial charge in [-0.05, 0) is 50.8 Å². The minimum absolute atomic E-state index is 0.194. The van der Waals surface area contributed by atoms with E-state index < -0.39 is 41.0 Å². The molecular formula is C29H37N3O5S. The molecule has 1 heterocycles. The van der Waals surface area contributed by atoms with Crippen LogP contribution in [-0.4, -0.2) is 62.8 Å². The smallest absolute Gasteiger partial charge is 0.408 e. The first-order valence-electron chi connectivity index (χ1n) is 12.6. The van der Waals surface area contributed by atoms with Crippen LogP contribution in [0.3, 0.4) is 0 Å². The lowest BCUT2D eigenvalue weighted by atomic mass is 9.97. The van der Waals surface area contributed by atoms with Gasteiger partial charge >= 0.3 is 6.09 Å². The minimum Gasteiger partial charge on any atom is -0.442 e. The van der Waals surface area contributed by atoms with Crippen molar-refractivity contribution in [2.45, 2.75) is 69.7 Å². The fraction of sp³-hybridized carbons (Fsp3) is 0.414. The normalized spacial score (nSPS) is 18.7. The van der Waals surface area contributed by atoms with Crippen LogP contribution in [0.15, 0.2) is 67.3 Å². The molecule has 1 fully saturated rings. The number of amides is 3. The summed E-state index contributed by atoms with van der Waals surface area (Å²) in [5.41, 5.74) is 2.87. The molecule has 3 N–H and O–H groups in total. The molecule has 1 aliphatic heterocycles. The molecule has 2 aromatic carbocycles. The number of hydrogen-bond acceptors (Lipinski definition) is 6. The van der Waals surface area contributed by atoms with Gasteiger partial charge in [0.25, 0.3) is 5.91 Å². The maximum absolute atomic E-state index is 13.6. The molecule has 2 aromatic rings. The van der Waals surface area contributed by atoms with Crippen LogP contribution in [0.4, 0.5) is 4.79 Å². The lowest BCUT2D eigenvalue weighted by Gasteiger charge is -2.33. The van der Waals surface area contributed by atoms with Gasteiger partial charge in [-0.25, -0.2) is 4.79 Å². The van der Waals surface area contributed by atoms with Crippen LogP contribution >= 0.6 is 11.8 Å². The monoisotopic (exact) mass is 539 g/mol. The summed E-state index contributed by atoms with van der Waals surface area (Å²) in [4.78, 5) is 40.9. The second kappa shape index (κ2) is 13.0. The van der Waals surface area contributed by atoms with Crippen molar-refractivity contribution in [2.24, 2.45) is 0 Å². The molecule has 0 aliphatic carbocycles. The Labute approximate surface area is 228 Å². The van der Waals surface area contributed by atoms with Crippen molar-refractivity contribution in [2.75, 3.05) is 5.88 Å². The van der Waals surface area contributed by atoms with Crippen molar-refractivity contribution in [3.8, 4) is 0 Å². The zero-order valence-electron chi connectivity index (χ0n) is 22.3. The molecule has 4 unspecified atom stereocenters. The van der Waals surface area contributed by atoms with Crippen molar-refractivity contribution in [1.29, 1.82) is 0 Å². The van der Waals surface area contributed by atoms with E-state index in [1.807, 2.05) is 75.4 Å². The molecule has 0 aromatic heterocycles. The fourth-order valence-electron chi connectivity index (χ4n) is 4.35. The maximum atomic E-state index is 13.6. The Morgan fingerprint density at radius 3 is 2.50 bits per heavy atom. The summed E-state index contributed by atoms with van der Waals surface area (Å²) < 4.78 is 4.65. The van der Waals surface area contributed by atoms with Crippen LogP contribution in [0.25, 0.3) is 0 Å². The summed E-state index contributed by atoms with van der Waals surface area (Å²) in [5, 5.41) is 16.8. The summed E-state index contributed by atoms with van der Waals surface area (Å²) in [6, 6.07) is 15.2. The molecule has 8 nitrogen and oxygen atoms in total. The Morgan fingerprint density at radius 2 is 1.84 bits per heavy atom. The van der Waals surface area contributed by atoms with Crippen molar-refractivity contribution in [1.82, 2.24) is 15.5 Å². The lowest BCUT2D eigenvalue weighted by molar-refractivity contribution is -0.147. The third kappa shape index (κ3) is 7.39.